The number of Topliss-reactive ketones (excluding diaryl/α,β-unsaturated/α-hetero) is 2. The Morgan fingerprint density at radius 3 is 2.58 bits per heavy atom. The number of nitrogens with one attached hydrogen (secondary N) is 1. The van der Waals surface area contributed by atoms with Crippen molar-refractivity contribution in [2.45, 2.75) is 45.4 Å². The van der Waals surface area contributed by atoms with Gasteiger partial charge in [-0.05, 0) is 44.5 Å². The van der Waals surface area contributed by atoms with Crippen LogP contribution in [0.4, 0.5) is 5.69 Å². The van der Waals surface area contributed by atoms with E-state index >= 15 is 0 Å². The van der Waals surface area contributed by atoms with Crippen molar-refractivity contribution >= 4 is 33.9 Å². The number of fused-ring (bicyclic) bond motifs is 2. The summed E-state index contributed by atoms with van der Waals surface area (Å²) in [6, 6.07) is 15.7. The van der Waals surface area contributed by atoms with E-state index in [2.05, 4.69) is 36.4 Å². The Hall–Kier alpha value is -3.78. The number of nitrogens with zero attached hydrogens (tertiary/aromatic N) is 2. The van der Waals surface area contributed by atoms with Gasteiger partial charge in [-0.25, -0.2) is 0 Å². The third-order valence-electron chi connectivity index (χ3n) is 7.04. The molecule has 1 fully saturated rings. The maximum Gasteiger partial charge on any atom is 0.209 e. The second kappa shape index (κ2) is 7.38. The number of nitriles is 1. The van der Waals surface area contributed by atoms with Crippen molar-refractivity contribution < 1.29 is 14.2 Å². The van der Waals surface area contributed by atoms with Crippen LogP contribution in [0.2, 0.25) is 0 Å². The Balaban J connectivity index is 1.59. The number of H-pyrrole nitrogens is 1. The van der Waals surface area contributed by atoms with Crippen LogP contribution in [0.15, 0.2) is 54.1 Å². The molecular formula is C28H26N3O2+. The van der Waals surface area contributed by atoms with Gasteiger partial charge in [0.2, 0.25) is 5.69 Å². The van der Waals surface area contributed by atoms with Crippen LogP contribution in [-0.2, 0) is 15.0 Å². The third kappa shape index (κ3) is 2.94. The molecule has 5 heteroatoms. The van der Waals surface area contributed by atoms with Crippen LogP contribution in [0.5, 0.6) is 0 Å². The lowest BCUT2D eigenvalue weighted by Gasteiger charge is -2.27. The molecule has 5 rings (SSSR count). The van der Waals surface area contributed by atoms with Crippen molar-refractivity contribution in [3.8, 4) is 6.07 Å². The van der Waals surface area contributed by atoms with E-state index in [-0.39, 0.29) is 17.1 Å². The van der Waals surface area contributed by atoms with E-state index in [1.54, 1.807) is 6.08 Å². The first-order valence-electron chi connectivity index (χ1n) is 11.4. The molecule has 2 aromatic carbocycles. The Morgan fingerprint density at radius 1 is 1.15 bits per heavy atom. The summed E-state index contributed by atoms with van der Waals surface area (Å²) in [5, 5.41) is 10.3. The number of para-hydroxylation sites is 1. The molecule has 1 aliphatic heterocycles. The highest BCUT2D eigenvalue weighted by Gasteiger charge is 2.50. The molecule has 0 atom stereocenters. The lowest BCUT2D eigenvalue weighted by Crippen LogP contribution is -2.41. The normalized spacial score (nSPS) is 19.0. The number of carbonyl (C=O) groups excluding carboxylic acids is 2. The highest BCUT2D eigenvalue weighted by molar-refractivity contribution is 6.44. The average Bonchev–Trinajstić information content (AvgIpc) is 3.23. The Kier molecular flexibility index (Phi) is 4.72. The van der Waals surface area contributed by atoms with E-state index in [1.165, 1.54) is 0 Å². The van der Waals surface area contributed by atoms with Gasteiger partial charge in [0.25, 0.3) is 0 Å². The fraction of sp³-hybridized carbons (Fsp3) is 0.286. The Bertz CT molecular complexity index is 1440. The molecule has 164 valence electrons. The molecule has 3 aromatic rings. The minimum absolute atomic E-state index is 0.124. The molecule has 2 heterocycles. The van der Waals surface area contributed by atoms with E-state index in [4.69, 9.17) is 0 Å². The summed E-state index contributed by atoms with van der Waals surface area (Å²) in [6.45, 7) is 8.97. The van der Waals surface area contributed by atoms with E-state index in [0.29, 0.717) is 5.56 Å². The maximum absolute atomic E-state index is 13.3. The summed E-state index contributed by atoms with van der Waals surface area (Å²) in [5.74, 6) is -0.993. The summed E-state index contributed by atoms with van der Waals surface area (Å²) in [7, 11) is 0. The number of benzene rings is 2. The predicted octanol–water partition coefficient (Wildman–Crippen LogP) is 5.00. The summed E-state index contributed by atoms with van der Waals surface area (Å²) in [5.41, 5.74) is 6.06. The van der Waals surface area contributed by atoms with Gasteiger partial charge < -0.3 is 4.98 Å². The van der Waals surface area contributed by atoms with E-state index in [0.717, 1.165) is 52.1 Å². The lowest BCUT2D eigenvalue weighted by molar-refractivity contribution is -0.437. The topological polar surface area (TPSA) is 76.7 Å². The van der Waals surface area contributed by atoms with Gasteiger partial charge in [0.15, 0.2) is 17.3 Å². The lowest BCUT2D eigenvalue weighted by atomic mass is 9.70. The Morgan fingerprint density at radius 2 is 1.88 bits per heavy atom. The SMILES string of the molecule is CCC[N+]1=C(C=C2C(=O)C(c3c(C)[nH]c4ccccc34)C2=O)C(C)(C)c2cc(C#N)ccc21. The van der Waals surface area contributed by atoms with Crippen molar-refractivity contribution in [2.75, 3.05) is 6.54 Å². The summed E-state index contributed by atoms with van der Waals surface area (Å²) in [4.78, 5) is 30.0. The largest absolute Gasteiger partial charge is 0.358 e. The van der Waals surface area contributed by atoms with Crippen LogP contribution in [0, 0.1) is 18.3 Å². The summed E-state index contributed by atoms with van der Waals surface area (Å²) < 4.78 is 2.19. The monoisotopic (exact) mass is 436 g/mol. The number of aromatic amines is 1. The van der Waals surface area contributed by atoms with Gasteiger partial charge in [0.05, 0.1) is 22.6 Å². The molecule has 0 saturated heterocycles. The molecule has 2 aliphatic rings. The molecule has 5 nitrogen and oxygen atoms in total. The van der Waals surface area contributed by atoms with Gasteiger partial charge in [0, 0.05) is 40.7 Å². The second-order valence-electron chi connectivity index (χ2n) is 9.43. The number of hydrogen-bond acceptors (Lipinski definition) is 3. The van der Waals surface area contributed by atoms with Crippen molar-refractivity contribution in [2.24, 2.45) is 0 Å². The molecular weight excluding hydrogens is 410 g/mol. The zero-order chi connectivity index (χ0) is 23.5. The minimum Gasteiger partial charge on any atom is -0.358 e. The minimum atomic E-state index is -0.746. The standard InChI is InChI=1S/C28H25N3O2/c1-5-12-31-22-11-10-17(15-29)13-20(22)28(3,4)23(31)14-19-26(32)25(27(19)33)24-16(2)30-21-9-7-6-8-18(21)24/h6-11,13-14,25H,5,12H2,1-4H3/p+1. The predicted molar refractivity (Wildman–Crippen MR) is 128 cm³/mol. The van der Waals surface area contributed by atoms with Crippen LogP contribution in [0.3, 0.4) is 0 Å². The molecule has 0 unspecified atom stereocenters. The van der Waals surface area contributed by atoms with Crippen LogP contribution >= 0.6 is 0 Å². The van der Waals surface area contributed by atoms with Gasteiger partial charge >= 0.3 is 0 Å². The number of rotatable bonds is 4. The Labute approximate surface area is 193 Å². The molecule has 1 aromatic heterocycles. The zero-order valence-electron chi connectivity index (χ0n) is 19.3. The van der Waals surface area contributed by atoms with Crippen LogP contribution in [-0.4, -0.2) is 33.4 Å². The van der Waals surface area contributed by atoms with Gasteiger partial charge in [0.1, 0.15) is 12.5 Å². The molecule has 1 saturated carbocycles. The maximum atomic E-state index is 13.3. The van der Waals surface area contributed by atoms with Crippen molar-refractivity contribution in [3.63, 3.8) is 0 Å². The number of allylic oxidation sites excluding steroid dienone is 2. The highest BCUT2D eigenvalue weighted by Crippen LogP contribution is 2.44. The molecule has 0 amide bonds. The third-order valence-corrected chi connectivity index (χ3v) is 7.04. The van der Waals surface area contributed by atoms with Crippen LogP contribution in [0.25, 0.3) is 10.9 Å². The number of ketones is 2. The molecule has 1 aliphatic carbocycles. The fourth-order valence-corrected chi connectivity index (χ4v) is 5.35. The fourth-order valence-electron chi connectivity index (χ4n) is 5.35. The smallest absolute Gasteiger partial charge is 0.209 e. The first-order chi connectivity index (χ1) is 15.8. The molecule has 33 heavy (non-hydrogen) atoms. The van der Waals surface area contributed by atoms with Gasteiger partial charge in [-0.15, -0.1) is 0 Å². The summed E-state index contributed by atoms with van der Waals surface area (Å²) in [6.07, 6.45) is 2.72. The van der Waals surface area contributed by atoms with Gasteiger partial charge in [-0.3, -0.25) is 9.59 Å². The van der Waals surface area contributed by atoms with Crippen molar-refractivity contribution in [1.82, 2.24) is 4.98 Å². The molecule has 0 bridgehead atoms. The highest BCUT2D eigenvalue weighted by atomic mass is 16.2. The van der Waals surface area contributed by atoms with Crippen molar-refractivity contribution in [1.29, 1.82) is 5.26 Å². The van der Waals surface area contributed by atoms with Crippen LogP contribution < -0.4 is 0 Å². The van der Waals surface area contributed by atoms with E-state index < -0.39 is 11.3 Å². The quantitative estimate of drug-likeness (QED) is 0.271. The molecule has 1 N–H and O–H groups in total. The summed E-state index contributed by atoms with van der Waals surface area (Å²) >= 11 is 0. The van der Waals surface area contributed by atoms with Crippen molar-refractivity contribution in [3.05, 3.63) is 76.5 Å². The molecule has 0 radical (unpaired) electrons. The van der Waals surface area contributed by atoms with E-state index in [9.17, 15) is 14.9 Å². The first kappa shape index (κ1) is 21.1. The number of hydrogen-bond donors (Lipinski definition) is 1. The second-order valence-corrected chi connectivity index (χ2v) is 9.43. The van der Waals surface area contributed by atoms with Gasteiger partial charge in [-0.2, -0.15) is 9.84 Å². The van der Waals surface area contributed by atoms with Crippen LogP contribution in [0.1, 0.15) is 55.5 Å². The average molecular weight is 437 g/mol. The molecule has 0 spiro atoms. The first-order valence-corrected chi connectivity index (χ1v) is 11.4. The number of aromatic nitrogens is 1. The number of aryl methyl sites for hydroxylation is 1. The van der Waals surface area contributed by atoms with E-state index in [1.807, 2.05) is 49.4 Å². The number of carbonyl (C=O) groups is 2. The zero-order valence-corrected chi connectivity index (χ0v) is 19.3. The van der Waals surface area contributed by atoms with Gasteiger partial charge in [-0.1, -0.05) is 25.1 Å².